The smallest absolute Gasteiger partial charge is 0.190 e. The average Bonchev–Trinajstić information content (AvgIpc) is 2.88. The minimum absolute atomic E-state index is 0.0631. The van der Waals surface area contributed by atoms with Crippen molar-refractivity contribution in [3.05, 3.63) is 23.8 Å². The third-order valence-corrected chi connectivity index (χ3v) is 8.91. The highest BCUT2D eigenvalue weighted by atomic mass is 19.1. The van der Waals surface area contributed by atoms with Crippen LogP contribution in [0.5, 0.6) is 0 Å². The largest absolute Gasteiger partial charge is 0.390 e. The Kier molecular flexibility index (Phi) is 4.74. The summed E-state index contributed by atoms with van der Waals surface area (Å²) in [5, 5.41) is 22.7. The third-order valence-electron chi connectivity index (χ3n) is 8.91. The zero-order valence-electron chi connectivity index (χ0n) is 17.8. The Hall–Kier alpha value is -1.44. The van der Waals surface area contributed by atoms with Crippen LogP contribution < -0.4 is 0 Å². The molecule has 9 atom stereocenters. The minimum atomic E-state index is -2.21. The number of hydrogen-bond donors (Lipinski definition) is 2. The molecule has 7 heteroatoms. The van der Waals surface area contributed by atoms with Gasteiger partial charge in [0.2, 0.25) is 0 Å². The van der Waals surface area contributed by atoms with Crippen molar-refractivity contribution < 1.29 is 33.3 Å². The zero-order valence-corrected chi connectivity index (χ0v) is 17.8. The number of hydrogen-bond acceptors (Lipinski definition) is 5. The summed E-state index contributed by atoms with van der Waals surface area (Å²) in [5.74, 6) is -2.79. The molecule has 2 N–H and O–H groups in total. The number of allylic oxidation sites excluding steroid dienone is 4. The molecule has 166 valence electrons. The summed E-state index contributed by atoms with van der Waals surface area (Å²) >= 11 is 0. The van der Waals surface area contributed by atoms with Crippen LogP contribution in [-0.2, 0) is 14.3 Å². The zero-order chi connectivity index (χ0) is 22.3. The molecule has 0 radical (unpaired) electrons. The Morgan fingerprint density at radius 2 is 1.97 bits per heavy atom. The lowest BCUT2D eigenvalue weighted by Gasteiger charge is -2.63. The number of carbonyl (C=O) groups is 2. The first-order valence-corrected chi connectivity index (χ1v) is 10.6. The van der Waals surface area contributed by atoms with E-state index >= 15 is 8.78 Å². The van der Waals surface area contributed by atoms with Crippen molar-refractivity contribution in [1.29, 1.82) is 0 Å². The molecule has 0 aromatic rings. The summed E-state index contributed by atoms with van der Waals surface area (Å²) < 4.78 is 37.2. The normalized spacial score (nSPS) is 52.3. The molecular formula is C23H30F2O5. The van der Waals surface area contributed by atoms with E-state index in [9.17, 15) is 19.8 Å². The predicted molar refractivity (Wildman–Crippen MR) is 105 cm³/mol. The second kappa shape index (κ2) is 6.53. The highest BCUT2D eigenvalue weighted by molar-refractivity contribution is 6.01. The molecule has 3 saturated carbocycles. The van der Waals surface area contributed by atoms with Crippen LogP contribution in [0.25, 0.3) is 0 Å². The van der Waals surface area contributed by atoms with Crippen molar-refractivity contribution in [1.82, 2.24) is 0 Å². The van der Waals surface area contributed by atoms with E-state index in [-0.39, 0.29) is 25.0 Å². The van der Waals surface area contributed by atoms with E-state index in [1.54, 1.807) is 13.8 Å². The summed E-state index contributed by atoms with van der Waals surface area (Å²) in [7, 11) is 1.36. The van der Waals surface area contributed by atoms with Crippen LogP contribution in [0.2, 0.25) is 0 Å². The van der Waals surface area contributed by atoms with Crippen molar-refractivity contribution in [2.75, 3.05) is 13.7 Å². The highest BCUT2D eigenvalue weighted by Gasteiger charge is 2.76. The number of alkyl halides is 2. The van der Waals surface area contributed by atoms with Gasteiger partial charge in [-0.15, -0.1) is 0 Å². The van der Waals surface area contributed by atoms with Crippen LogP contribution in [0.15, 0.2) is 23.8 Å². The number of methoxy groups -OCH3 is 1. The second-order valence-electron chi connectivity index (χ2n) is 10.1. The summed E-state index contributed by atoms with van der Waals surface area (Å²) in [6, 6.07) is 0. The Balaban J connectivity index is 1.84. The first kappa shape index (κ1) is 21.8. The predicted octanol–water partition coefficient (Wildman–Crippen LogP) is 2.50. The van der Waals surface area contributed by atoms with Crippen LogP contribution in [-0.4, -0.2) is 59.0 Å². The molecule has 0 amide bonds. The molecule has 4 aliphatic rings. The number of ketones is 2. The second-order valence-corrected chi connectivity index (χ2v) is 10.1. The lowest BCUT2D eigenvalue weighted by molar-refractivity contribution is -0.224. The Morgan fingerprint density at radius 3 is 2.60 bits per heavy atom. The van der Waals surface area contributed by atoms with Crippen LogP contribution in [0, 0.1) is 28.6 Å². The van der Waals surface area contributed by atoms with Crippen LogP contribution in [0.1, 0.15) is 40.0 Å². The van der Waals surface area contributed by atoms with Crippen LogP contribution >= 0.6 is 0 Å². The average molecular weight is 424 g/mol. The molecule has 0 aliphatic heterocycles. The molecule has 0 saturated heterocycles. The van der Waals surface area contributed by atoms with E-state index in [0.29, 0.717) is 6.42 Å². The Morgan fingerprint density at radius 1 is 1.30 bits per heavy atom. The first-order valence-electron chi connectivity index (χ1n) is 10.6. The number of aliphatic hydroxyl groups is 2. The van der Waals surface area contributed by atoms with Gasteiger partial charge in [0.1, 0.15) is 18.4 Å². The summed E-state index contributed by atoms with van der Waals surface area (Å²) in [6.07, 6.45) is 0.710. The summed E-state index contributed by atoms with van der Waals surface area (Å²) in [4.78, 5) is 24.7. The van der Waals surface area contributed by atoms with Gasteiger partial charge in [0.05, 0.1) is 6.10 Å². The molecule has 5 unspecified atom stereocenters. The maximum atomic E-state index is 17.0. The number of fused-ring (bicyclic) bond motifs is 5. The molecule has 3 fully saturated rings. The molecule has 0 heterocycles. The minimum Gasteiger partial charge on any atom is -0.390 e. The van der Waals surface area contributed by atoms with Gasteiger partial charge in [0.15, 0.2) is 17.2 Å². The van der Waals surface area contributed by atoms with Gasteiger partial charge in [-0.25, -0.2) is 8.78 Å². The number of aliphatic hydroxyl groups excluding tert-OH is 1. The van der Waals surface area contributed by atoms with Gasteiger partial charge in [-0.3, -0.25) is 9.59 Å². The fourth-order valence-electron chi connectivity index (χ4n) is 7.37. The quantitative estimate of drug-likeness (QED) is 0.727. The number of rotatable bonds is 3. The van der Waals surface area contributed by atoms with Crippen molar-refractivity contribution in [2.24, 2.45) is 28.6 Å². The SMILES string of the molecule is COCC(=O)[C@@]1(O)[C@H](C)CC2C3C[C@H](F)C4=CC(=O)C=CC4(C)[C@@]3(F)C(O)CC21C. The molecule has 0 aromatic carbocycles. The topological polar surface area (TPSA) is 83.8 Å². The van der Waals surface area contributed by atoms with Crippen molar-refractivity contribution in [2.45, 2.75) is 63.6 Å². The van der Waals surface area contributed by atoms with Crippen molar-refractivity contribution in [3.63, 3.8) is 0 Å². The van der Waals surface area contributed by atoms with E-state index in [1.165, 1.54) is 26.2 Å². The van der Waals surface area contributed by atoms with E-state index in [1.807, 2.05) is 0 Å². The molecule has 5 nitrogen and oxygen atoms in total. The fourth-order valence-corrected chi connectivity index (χ4v) is 7.37. The van der Waals surface area contributed by atoms with Crippen LogP contribution in [0.3, 0.4) is 0 Å². The van der Waals surface area contributed by atoms with Gasteiger partial charge >= 0.3 is 0 Å². The maximum Gasteiger partial charge on any atom is 0.190 e. The van der Waals surface area contributed by atoms with Gasteiger partial charge in [-0.2, -0.15) is 0 Å². The molecule has 4 aliphatic carbocycles. The molecule has 0 aromatic heterocycles. The van der Waals surface area contributed by atoms with E-state index in [2.05, 4.69) is 0 Å². The third kappa shape index (κ3) is 2.32. The van der Waals surface area contributed by atoms with Gasteiger partial charge < -0.3 is 14.9 Å². The van der Waals surface area contributed by atoms with Gasteiger partial charge in [-0.1, -0.05) is 19.9 Å². The lowest BCUT2D eigenvalue weighted by Crippen LogP contribution is -2.70. The standard InChI is InChI=1S/C23H30F2O5/c1-12-7-14-15-9-17(24)16-8-13(26)5-6-20(16,2)22(15,25)18(27)10-21(14,3)23(12,29)19(28)11-30-4/h5-6,8,12,14-15,17-18,27,29H,7,9-11H2,1-4H3/t12-,14?,15?,17+,18?,20?,21?,22+,23+/m1/s1. The Bertz CT molecular complexity index is 855. The maximum absolute atomic E-state index is 17.0. The van der Waals surface area contributed by atoms with E-state index < -0.39 is 63.7 Å². The van der Waals surface area contributed by atoms with Gasteiger partial charge in [0, 0.05) is 23.9 Å². The van der Waals surface area contributed by atoms with Crippen LogP contribution in [0.4, 0.5) is 8.78 Å². The molecule has 4 rings (SSSR count). The van der Waals surface area contributed by atoms with Gasteiger partial charge in [-0.05, 0) is 55.7 Å². The van der Waals surface area contributed by atoms with Crippen molar-refractivity contribution in [3.8, 4) is 0 Å². The summed E-state index contributed by atoms with van der Waals surface area (Å²) in [6.45, 7) is 4.70. The number of carbonyl (C=O) groups excluding carboxylic acids is 2. The molecule has 0 bridgehead atoms. The molecule has 0 spiro atoms. The first-order chi connectivity index (χ1) is 13.9. The van der Waals surface area contributed by atoms with E-state index in [0.717, 1.165) is 6.08 Å². The Labute approximate surface area is 175 Å². The molecular weight excluding hydrogens is 394 g/mol. The van der Waals surface area contributed by atoms with Crippen molar-refractivity contribution >= 4 is 11.6 Å². The fraction of sp³-hybridized carbons (Fsp3) is 0.739. The highest BCUT2D eigenvalue weighted by Crippen LogP contribution is 2.70. The summed E-state index contributed by atoms with van der Waals surface area (Å²) in [5.41, 5.74) is -6.53. The number of halogens is 2. The number of Topliss-reactive ketones (excluding diaryl/α,β-unsaturated/α-hetero) is 1. The number of ether oxygens (including phenoxy) is 1. The lowest BCUT2D eigenvalue weighted by atomic mass is 9.44. The molecule has 30 heavy (non-hydrogen) atoms. The van der Waals surface area contributed by atoms with Gasteiger partial charge in [0.25, 0.3) is 0 Å². The monoisotopic (exact) mass is 424 g/mol. The van der Waals surface area contributed by atoms with E-state index in [4.69, 9.17) is 4.74 Å².